The molecule has 2 atom stereocenters. The first kappa shape index (κ1) is 25.1. The number of hydrazine groups is 1. The molecule has 0 saturated carbocycles. The van der Waals surface area contributed by atoms with Crippen LogP contribution in [0, 0.1) is 0 Å². The van der Waals surface area contributed by atoms with Gasteiger partial charge in [-0.3, -0.25) is 9.59 Å². The van der Waals surface area contributed by atoms with E-state index >= 15 is 0 Å². The molecule has 0 aromatic heterocycles. The number of likely N-dealkylation sites (N-methyl/N-ethyl adjacent to an activating group) is 2. The van der Waals surface area contributed by atoms with Gasteiger partial charge in [0.1, 0.15) is 6.04 Å². The second-order valence-corrected chi connectivity index (χ2v) is 8.36. The molecular weight excluding hydrogens is 426 g/mol. The number of carboxylic acid groups (broad SMARTS) is 1. The third-order valence-corrected chi connectivity index (χ3v) is 5.81. The quantitative estimate of drug-likeness (QED) is 0.395. The molecule has 3 rings (SSSR count). The van der Waals surface area contributed by atoms with E-state index in [1.807, 2.05) is 110 Å². The van der Waals surface area contributed by atoms with Crippen LogP contribution < -0.4 is 5.43 Å². The van der Waals surface area contributed by atoms with Crippen LogP contribution in [0.3, 0.4) is 0 Å². The Hall–Kier alpha value is -3.48. The van der Waals surface area contributed by atoms with Crippen LogP contribution in [0.15, 0.2) is 91.0 Å². The van der Waals surface area contributed by atoms with Crippen molar-refractivity contribution in [1.29, 1.82) is 0 Å². The molecule has 0 spiro atoms. The van der Waals surface area contributed by atoms with Crippen LogP contribution in [0.2, 0.25) is 0 Å². The molecule has 0 fully saturated rings. The van der Waals surface area contributed by atoms with E-state index in [1.165, 1.54) is 0 Å². The molecule has 34 heavy (non-hydrogen) atoms. The molecule has 1 unspecified atom stereocenters. The van der Waals surface area contributed by atoms with Gasteiger partial charge in [0.2, 0.25) is 5.91 Å². The second kappa shape index (κ2) is 12.7. The molecule has 0 aliphatic heterocycles. The molecule has 0 aliphatic carbocycles. The van der Waals surface area contributed by atoms with E-state index in [4.69, 9.17) is 0 Å². The van der Waals surface area contributed by atoms with E-state index in [0.717, 1.165) is 16.7 Å². The molecule has 3 aromatic carbocycles. The molecule has 2 N–H and O–H groups in total. The second-order valence-electron chi connectivity index (χ2n) is 8.36. The van der Waals surface area contributed by atoms with Crippen LogP contribution in [-0.4, -0.2) is 46.5 Å². The topological polar surface area (TPSA) is 72.9 Å². The van der Waals surface area contributed by atoms with Gasteiger partial charge in [0.25, 0.3) is 0 Å². The Kier molecular flexibility index (Phi) is 9.38. The minimum atomic E-state index is -0.899. The molecular formula is C28H33N3O3. The maximum Gasteiger partial charge on any atom is 0.305 e. The van der Waals surface area contributed by atoms with E-state index in [-0.39, 0.29) is 12.3 Å². The minimum absolute atomic E-state index is 0.0239. The minimum Gasteiger partial charge on any atom is -0.481 e. The van der Waals surface area contributed by atoms with E-state index in [0.29, 0.717) is 19.5 Å². The number of aliphatic carboxylic acids is 1. The summed E-state index contributed by atoms with van der Waals surface area (Å²) in [5.74, 6) is -0.922. The van der Waals surface area contributed by atoms with Crippen molar-refractivity contribution in [3.63, 3.8) is 0 Å². The summed E-state index contributed by atoms with van der Waals surface area (Å²) in [5, 5.41) is 11.4. The summed E-state index contributed by atoms with van der Waals surface area (Å²) in [5.41, 5.74) is 6.35. The first-order valence-corrected chi connectivity index (χ1v) is 11.6. The number of amides is 1. The molecule has 0 heterocycles. The van der Waals surface area contributed by atoms with Crippen molar-refractivity contribution in [1.82, 2.24) is 15.3 Å². The zero-order valence-electron chi connectivity index (χ0n) is 19.8. The lowest BCUT2D eigenvalue weighted by Gasteiger charge is -2.36. The van der Waals surface area contributed by atoms with Gasteiger partial charge in [0, 0.05) is 20.1 Å². The summed E-state index contributed by atoms with van der Waals surface area (Å²) in [4.78, 5) is 27.1. The number of hydrogen-bond acceptors (Lipinski definition) is 4. The van der Waals surface area contributed by atoms with Crippen LogP contribution in [0.5, 0.6) is 0 Å². The zero-order valence-corrected chi connectivity index (χ0v) is 19.8. The van der Waals surface area contributed by atoms with Gasteiger partial charge in [-0.05, 0) is 23.1 Å². The molecule has 3 aromatic rings. The number of carbonyl (C=O) groups excluding carboxylic acids is 1. The molecule has 0 radical (unpaired) electrons. The van der Waals surface area contributed by atoms with E-state index < -0.39 is 18.1 Å². The monoisotopic (exact) mass is 459 g/mol. The summed E-state index contributed by atoms with van der Waals surface area (Å²) in [6, 6.07) is 28.3. The highest BCUT2D eigenvalue weighted by Gasteiger charge is 2.30. The summed E-state index contributed by atoms with van der Waals surface area (Å²) >= 11 is 0. The van der Waals surface area contributed by atoms with E-state index in [9.17, 15) is 14.7 Å². The molecule has 178 valence electrons. The van der Waals surface area contributed by atoms with Crippen molar-refractivity contribution in [2.24, 2.45) is 0 Å². The first-order valence-electron chi connectivity index (χ1n) is 11.6. The average molecular weight is 460 g/mol. The third kappa shape index (κ3) is 7.27. The largest absolute Gasteiger partial charge is 0.481 e. The normalized spacial score (nSPS) is 12.8. The lowest BCUT2D eigenvalue weighted by atomic mass is 10.0. The van der Waals surface area contributed by atoms with Crippen LogP contribution in [-0.2, 0) is 22.6 Å². The Morgan fingerprint density at radius 1 is 0.853 bits per heavy atom. The van der Waals surface area contributed by atoms with Crippen molar-refractivity contribution >= 4 is 11.9 Å². The molecule has 0 saturated heterocycles. The van der Waals surface area contributed by atoms with Crippen LogP contribution in [0.4, 0.5) is 0 Å². The standard InChI is InChI=1S/C28H33N3O3/c1-3-31(29-25(20-27(32)33)24-17-11-6-12-18-24)26(19-22-13-7-4-8-14-22)28(34)30(2)21-23-15-9-5-10-16-23/h4-18,25-26,29H,3,19-21H2,1-2H3,(H,32,33)/t25-,26?/m0/s1. The molecule has 6 nitrogen and oxygen atoms in total. The number of benzene rings is 3. The predicted octanol–water partition coefficient (Wildman–Crippen LogP) is 4.30. The van der Waals surface area contributed by atoms with Gasteiger partial charge in [-0.1, -0.05) is 97.9 Å². The fourth-order valence-electron chi connectivity index (χ4n) is 4.06. The lowest BCUT2D eigenvalue weighted by molar-refractivity contribution is -0.139. The zero-order chi connectivity index (χ0) is 24.3. The van der Waals surface area contributed by atoms with Crippen LogP contribution in [0.1, 0.15) is 36.1 Å². The number of carbonyl (C=O) groups is 2. The summed E-state index contributed by atoms with van der Waals surface area (Å²) in [7, 11) is 1.81. The highest BCUT2D eigenvalue weighted by atomic mass is 16.4. The summed E-state index contributed by atoms with van der Waals surface area (Å²) in [6.45, 7) is 3.00. The van der Waals surface area contributed by atoms with Gasteiger partial charge >= 0.3 is 5.97 Å². The van der Waals surface area contributed by atoms with Crippen molar-refractivity contribution in [3.05, 3.63) is 108 Å². The molecule has 0 aliphatic rings. The number of nitrogens with one attached hydrogen (secondary N) is 1. The van der Waals surface area contributed by atoms with Gasteiger partial charge < -0.3 is 10.0 Å². The van der Waals surface area contributed by atoms with Crippen molar-refractivity contribution in [2.45, 2.75) is 38.4 Å². The smallest absolute Gasteiger partial charge is 0.305 e. The summed E-state index contributed by atoms with van der Waals surface area (Å²) in [6.07, 6.45) is 0.417. The SMILES string of the molecule is CCN(N[C@@H](CC(=O)O)c1ccccc1)C(Cc1ccccc1)C(=O)N(C)Cc1ccccc1. The number of carboxylic acids is 1. The molecule has 0 bridgehead atoms. The Labute approximate surface area is 201 Å². The molecule has 1 amide bonds. The van der Waals surface area contributed by atoms with Crippen LogP contribution in [0.25, 0.3) is 0 Å². The fourth-order valence-corrected chi connectivity index (χ4v) is 4.06. The maximum atomic E-state index is 13.7. The van der Waals surface area contributed by atoms with Gasteiger partial charge in [-0.25, -0.2) is 10.4 Å². The fraction of sp³-hybridized carbons (Fsp3) is 0.286. The Morgan fingerprint density at radius 2 is 1.38 bits per heavy atom. The third-order valence-electron chi connectivity index (χ3n) is 5.81. The Bertz CT molecular complexity index is 1030. The van der Waals surface area contributed by atoms with Crippen molar-refractivity contribution in [2.75, 3.05) is 13.6 Å². The van der Waals surface area contributed by atoms with Gasteiger partial charge in [0.15, 0.2) is 0 Å². The number of rotatable bonds is 12. The lowest BCUT2D eigenvalue weighted by Crippen LogP contribution is -2.55. The Morgan fingerprint density at radius 3 is 1.91 bits per heavy atom. The maximum absolute atomic E-state index is 13.7. The highest BCUT2D eigenvalue weighted by molar-refractivity contribution is 5.82. The van der Waals surface area contributed by atoms with Gasteiger partial charge in [-0.2, -0.15) is 0 Å². The van der Waals surface area contributed by atoms with Crippen LogP contribution >= 0.6 is 0 Å². The highest BCUT2D eigenvalue weighted by Crippen LogP contribution is 2.20. The molecule has 6 heteroatoms. The first-order chi connectivity index (χ1) is 16.5. The Balaban J connectivity index is 1.87. The van der Waals surface area contributed by atoms with Crippen molar-refractivity contribution < 1.29 is 14.7 Å². The number of nitrogens with zero attached hydrogens (tertiary/aromatic N) is 2. The van der Waals surface area contributed by atoms with Gasteiger partial charge in [-0.15, -0.1) is 0 Å². The van der Waals surface area contributed by atoms with Gasteiger partial charge in [0.05, 0.1) is 12.5 Å². The summed E-state index contributed by atoms with van der Waals surface area (Å²) < 4.78 is 0. The number of hydrogen-bond donors (Lipinski definition) is 2. The predicted molar refractivity (Wildman–Crippen MR) is 134 cm³/mol. The average Bonchev–Trinajstić information content (AvgIpc) is 2.86. The van der Waals surface area contributed by atoms with E-state index in [1.54, 1.807) is 4.90 Å². The van der Waals surface area contributed by atoms with E-state index in [2.05, 4.69) is 5.43 Å². The van der Waals surface area contributed by atoms with Crippen molar-refractivity contribution in [3.8, 4) is 0 Å².